The minimum atomic E-state index is -2.90. The van der Waals surface area contributed by atoms with E-state index in [9.17, 15) is 8.78 Å². The van der Waals surface area contributed by atoms with Gasteiger partial charge in [0.2, 0.25) is 0 Å². The minimum Gasteiger partial charge on any atom is -0.497 e. The molecule has 0 amide bonds. The molecule has 0 saturated heterocycles. The van der Waals surface area contributed by atoms with Crippen molar-refractivity contribution in [3.8, 4) is 11.5 Å². The number of ether oxygens (including phenoxy) is 2. The lowest BCUT2D eigenvalue weighted by Gasteiger charge is -2.16. The first-order chi connectivity index (χ1) is 13.4. The number of aliphatic imine (C=N–C) groups is 1. The van der Waals surface area contributed by atoms with Gasteiger partial charge in [0.05, 0.1) is 7.11 Å². The molecule has 0 unspecified atom stereocenters. The SMILES string of the molecule is CN=C(NCc1ccnc(N(C)C)c1)NCc1cc(OC)ccc1OC(F)F. The summed E-state index contributed by atoms with van der Waals surface area (Å²) in [4.78, 5) is 10.4. The van der Waals surface area contributed by atoms with Crippen LogP contribution >= 0.6 is 0 Å². The first kappa shape index (κ1) is 21.2. The van der Waals surface area contributed by atoms with Gasteiger partial charge in [0.25, 0.3) is 0 Å². The fourth-order valence-corrected chi connectivity index (χ4v) is 2.43. The van der Waals surface area contributed by atoms with Crippen molar-refractivity contribution in [2.24, 2.45) is 4.99 Å². The van der Waals surface area contributed by atoms with Crippen LogP contribution in [0.25, 0.3) is 0 Å². The molecule has 2 aromatic rings. The molecular formula is C19H25F2N5O2. The van der Waals surface area contributed by atoms with Crippen molar-refractivity contribution in [1.29, 1.82) is 0 Å². The van der Waals surface area contributed by atoms with Crippen LogP contribution in [0.3, 0.4) is 0 Å². The van der Waals surface area contributed by atoms with Crippen molar-refractivity contribution in [3.63, 3.8) is 0 Å². The van der Waals surface area contributed by atoms with Crippen molar-refractivity contribution >= 4 is 11.8 Å². The van der Waals surface area contributed by atoms with E-state index in [2.05, 4.69) is 25.3 Å². The second kappa shape index (κ2) is 10.3. The summed E-state index contributed by atoms with van der Waals surface area (Å²) in [5, 5.41) is 6.27. The highest BCUT2D eigenvalue weighted by Crippen LogP contribution is 2.25. The number of guanidine groups is 1. The Balaban J connectivity index is 2.01. The van der Waals surface area contributed by atoms with E-state index in [1.54, 1.807) is 25.4 Å². The summed E-state index contributed by atoms with van der Waals surface area (Å²) < 4.78 is 35.0. The van der Waals surface area contributed by atoms with Gasteiger partial charge in [-0.1, -0.05) is 0 Å². The van der Waals surface area contributed by atoms with E-state index in [1.165, 1.54) is 13.2 Å². The lowest BCUT2D eigenvalue weighted by atomic mass is 10.2. The highest BCUT2D eigenvalue weighted by atomic mass is 19.3. The van der Waals surface area contributed by atoms with E-state index in [0.29, 0.717) is 23.8 Å². The molecule has 0 atom stereocenters. The third-order valence-corrected chi connectivity index (χ3v) is 3.88. The molecule has 1 aromatic carbocycles. The average Bonchev–Trinajstić information content (AvgIpc) is 2.68. The molecule has 0 aliphatic rings. The number of aromatic nitrogens is 1. The largest absolute Gasteiger partial charge is 0.497 e. The molecular weight excluding hydrogens is 368 g/mol. The molecule has 9 heteroatoms. The van der Waals surface area contributed by atoms with E-state index >= 15 is 0 Å². The van der Waals surface area contributed by atoms with Gasteiger partial charge in [-0.2, -0.15) is 8.78 Å². The highest BCUT2D eigenvalue weighted by molar-refractivity contribution is 5.79. The Bertz CT molecular complexity index is 800. The van der Waals surface area contributed by atoms with Crippen LogP contribution in [0.2, 0.25) is 0 Å². The second-order valence-corrected chi connectivity index (χ2v) is 6.05. The van der Waals surface area contributed by atoms with Crippen molar-refractivity contribution in [3.05, 3.63) is 47.7 Å². The molecule has 1 aromatic heterocycles. The standard InChI is InChI=1S/C19H25F2N5O2/c1-22-19(24-11-13-7-8-23-17(9-13)26(2)3)25-12-14-10-15(27-4)5-6-16(14)28-18(20)21/h5-10,18H,11-12H2,1-4H3,(H2,22,24,25). The van der Waals surface area contributed by atoms with Crippen LogP contribution in [0.4, 0.5) is 14.6 Å². The molecule has 0 saturated carbocycles. The van der Waals surface area contributed by atoms with Crippen LogP contribution in [-0.4, -0.2) is 45.8 Å². The van der Waals surface area contributed by atoms with Crippen molar-refractivity contribution in [2.75, 3.05) is 33.2 Å². The molecule has 28 heavy (non-hydrogen) atoms. The van der Waals surface area contributed by atoms with E-state index in [1.807, 2.05) is 31.1 Å². The van der Waals surface area contributed by atoms with Gasteiger partial charge in [0, 0.05) is 46.0 Å². The molecule has 0 aliphatic heterocycles. The molecule has 0 bridgehead atoms. The van der Waals surface area contributed by atoms with Crippen LogP contribution in [-0.2, 0) is 13.1 Å². The molecule has 0 spiro atoms. The number of nitrogens with zero attached hydrogens (tertiary/aromatic N) is 3. The normalized spacial score (nSPS) is 11.3. The Hall–Kier alpha value is -3.10. The molecule has 0 radical (unpaired) electrons. The smallest absolute Gasteiger partial charge is 0.387 e. The molecule has 2 rings (SSSR count). The van der Waals surface area contributed by atoms with Crippen LogP contribution in [0.1, 0.15) is 11.1 Å². The Morgan fingerprint density at radius 1 is 1.18 bits per heavy atom. The number of pyridine rings is 1. The van der Waals surface area contributed by atoms with Crippen LogP contribution in [0, 0.1) is 0 Å². The number of nitrogens with one attached hydrogen (secondary N) is 2. The molecule has 0 aliphatic carbocycles. The van der Waals surface area contributed by atoms with Gasteiger partial charge >= 0.3 is 6.61 Å². The Kier molecular flexibility index (Phi) is 7.79. The number of hydrogen-bond acceptors (Lipinski definition) is 5. The van der Waals surface area contributed by atoms with Gasteiger partial charge in [0.1, 0.15) is 17.3 Å². The van der Waals surface area contributed by atoms with Gasteiger partial charge in [-0.3, -0.25) is 4.99 Å². The summed E-state index contributed by atoms with van der Waals surface area (Å²) in [7, 11) is 6.99. The third kappa shape index (κ3) is 6.26. The summed E-state index contributed by atoms with van der Waals surface area (Å²) in [6.45, 7) is -2.14. The molecule has 1 heterocycles. The van der Waals surface area contributed by atoms with Gasteiger partial charge in [-0.25, -0.2) is 4.98 Å². The number of anilines is 1. The fourth-order valence-electron chi connectivity index (χ4n) is 2.43. The summed E-state index contributed by atoms with van der Waals surface area (Å²) in [5.74, 6) is 2.01. The predicted octanol–water partition coefficient (Wildman–Crippen LogP) is 2.62. The van der Waals surface area contributed by atoms with Crippen molar-refractivity contribution < 1.29 is 18.3 Å². The number of methoxy groups -OCH3 is 1. The molecule has 152 valence electrons. The lowest BCUT2D eigenvalue weighted by molar-refractivity contribution is -0.0504. The second-order valence-electron chi connectivity index (χ2n) is 6.05. The summed E-state index contributed by atoms with van der Waals surface area (Å²) >= 11 is 0. The van der Waals surface area contributed by atoms with E-state index < -0.39 is 6.61 Å². The predicted molar refractivity (Wildman–Crippen MR) is 105 cm³/mol. The van der Waals surface area contributed by atoms with Crippen molar-refractivity contribution in [1.82, 2.24) is 15.6 Å². The van der Waals surface area contributed by atoms with Crippen LogP contribution < -0.4 is 25.0 Å². The molecule has 0 fully saturated rings. The number of benzene rings is 1. The molecule has 7 nitrogen and oxygen atoms in total. The van der Waals surface area contributed by atoms with E-state index in [4.69, 9.17) is 4.74 Å². The number of rotatable bonds is 8. The topological polar surface area (TPSA) is 71.0 Å². The van der Waals surface area contributed by atoms with Gasteiger partial charge in [0.15, 0.2) is 5.96 Å². The summed E-state index contributed by atoms with van der Waals surface area (Å²) in [6.07, 6.45) is 1.74. The van der Waals surface area contributed by atoms with Crippen LogP contribution in [0.5, 0.6) is 11.5 Å². The fraction of sp³-hybridized carbons (Fsp3) is 0.368. The monoisotopic (exact) mass is 393 g/mol. The van der Waals surface area contributed by atoms with Crippen molar-refractivity contribution in [2.45, 2.75) is 19.7 Å². The maximum absolute atomic E-state index is 12.6. The zero-order valence-corrected chi connectivity index (χ0v) is 16.4. The number of alkyl halides is 2. The zero-order chi connectivity index (χ0) is 20.5. The average molecular weight is 393 g/mol. The molecule has 2 N–H and O–H groups in total. The Morgan fingerprint density at radius 2 is 1.93 bits per heavy atom. The Morgan fingerprint density at radius 3 is 2.57 bits per heavy atom. The van der Waals surface area contributed by atoms with Crippen LogP contribution in [0.15, 0.2) is 41.5 Å². The minimum absolute atomic E-state index is 0.0866. The third-order valence-electron chi connectivity index (χ3n) is 3.88. The summed E-state index contributed by atoms with van der Waals surface area (Å²) in [5.41, 5.74) is 1.56. The van der Waals surface area contributed by atoms with E-state index in [0.717, 1.165) is 11.4 Å². The first-order valence-corrected chi connectivity index (χ1v) is 8.61. The highest BCUT2D eigenvalue weighted by Gasteiger charge is 2.11. The summed E-state index contributed by atoms with van der Waals surface area (Å²) in [6, 6.07) is 8.54. The van der Waals surface area contributed by atoms with E-state index in [-0.39, 0.29) is 12.3 Å². The number of halogens is 2. The maximum atomic E-state index is 12.6. The Labute approximate surface area is 163 Å². The van der Waals surface area contributed by atoms with Gasteiger partial charge < -0.3 is 25.0 Å². The first-order valence-electron chi connectivity index (χ1n) is 8.61. The van der Waals surface area contributed by atoms with Gasteiger partial charge in [-0.05, 0) is 35.9 Å². The maximum Gasteiger partial charge on any atom is 0.387 e. The number of hydrogen-bond donors (Lipinski definition) is 2. The zero-order valence-electron chi connectivity index (χ0n) is 16.4. The quantitative estimate of drug-likeness (QED) is 0.531. The van der Waals surface area contributed by atoms with Gasteiger partial charge in [-0.15, -0.1) is 0 Å². The lowest BCUT2D eigenvalue weighted by Crippen LogP contribution is -2.36.